The van der Waals surface area contributed by atoms with Gasteiger partial charge in [-0.3, -0.25) is 4.79 Å². The number of hydrogen-bond donors (Lipinski definition) is 2. The van der Waals surface area contributed by atoms with Crippen LogP contribution in [0.15, 0.2) is 30.3 Å². The van der Waals surface area contributed by atoms with Crippen molar-refractivity contribution in [3.05, 3.63) is 51.2 Å². The highest BCUT2D eigenvalue weighted by molar-refractivity contribution is 7.14. The van der Waals surface area contributed by atoms with Crippen molar-refractivity contribution >= 4 is 17.2 Å². The zero-order valence-corrected chi connectivity index (χ0v) is 12.7. The molecule has 0 unspecified atom stereocenters. The third-order valence-electron chi connectivity index (χ3n) is 3.83. The predicted octanol–water partition coefficient (Wildman–Crippen LogP) is 3.65. The van der Waals surface area contributed by atoms with E-state index in [0.717, 1.165) is 23.3 Å². The Morgan fingerprint density at radius 2 is 2.05 bits per heavy atom. The zero-order chi connectivity index (χ0) is 14.7. The summed E-state index contributed by atoms with van der Waals surface area (Å²) in [5, 5.41) is 12.3. The Kier molecular flexibility index (Phi) is 4.25. The number of carbonyl (C=O) groups excluding carboxylic acids is 1. The van der Waals surface area contributed by atoms with Crippen LogP contribution in [0.2, 0.25) is 0 Å². The van der Waals surface area contributed by atoms with Crippen LogP contribution in [0.1, 0.15) is 44.9 Å². The topological polar surface area (TPSA) is 49.3 Å². The number of phenolic OH excluding ortho intramolecular Hbond substituents is 1. The highest BCUT2D eigenvalue weighted by Crippen LogP contribution is 2.28. The van der Waals surface area contributed by atoms with Crippen molar-refractivity contribution in [3.63, 3.8) is 0 Å². The number of thiophene rings is 1. The molecule has 1 aromatic heterocycles. The van der Waals surface area contributed by atoms with E-state index < -0.39 is 0 Å². The molecule has 0 radical (unpaired) electrons. The van der Waals surface area contributed by atoms with E-state index in [1.807, 2.05) is 6.07 Å². The normalized spacial score (nSPS) is 14.3. The molecular formula is C17H19NO2S. The van der Waals surface area contributed by atoms with Gasteiger partial charge in [0.15, 0.2) is 0 Å². The fourth-order valence-electron chi connectivity index (χ4n) is 2.72. The van der Waals surface area contributed by atoms with Crippen molar-refractivity contribution in [1.82, 2.24) is 5.32 Å². The average Bonchev–Trinajstić information content (AvgIpc) is 2.76. The number of aryl methyl sites for hydroxylation is 2. The van der Waals surface area contributed by atoms with Crippen molar-refractivity contribution in [1.29, 1.82) is 0 Å². The number of amides is 1. The molecule has 0 bridgehead atoms. The number of benzene rings is 1. The third kappa shape index (κ3) is 3.45. The minimum atomic E-state index is -0.0172. The molecule has 0 aliphatic heterocycles. The molecule has 2 aromatic rings. The van der Waals surface area contributed by atoms with E-state index in [-0.39, 0.29) is 11.7 Å². The molecular weight excluding hydrogens is 282 g/mol. The summed E-state index contributed by atoms with van der Waals surface area (Å²) in [6.07, 6.45) is 5.97. The molecule has 1 aromatic carbocycles. The molecule has 0 fully saturated rings. The molecule has 110 valence electrons. The Balaban J connectivity index is 1.65. The number of fused-ring (bicyclic) bond motifs is 1. The molecule has 0 spiro atoms. The first-order valence-corrected chi connectivity index (χ1v) is 8.22. The van der Waals surface area contributed by atoms with Gasteiger partial charge in [-0.05, 0) is 55.0 Å². The highest BCUT2D eigenvalue weighted by atomic mass is 32.1. The lowest BCUT2D eigenvalue weighted by atomic mass is 10.1. The lowest BCUT2D eigenvalue weighted by Gasteiger charge is -2.04. The summed E-state index contributed by atoms with van der Waals surface area (Å²) >= 11 is 1.63. The molecule has 2 N–H and O–H groups in total. The quantitative estimate of drug-likeness (QED) is 0.850. The summed E-state index contributed by atoms with van der Waals surface area (Å²) in [4.78, 5) is 14.4. The molecule has 3 nitrogen and oxygen atoms in total. The molecule has 0 saturated heterocycles. The fourth-order valence-corrected chi connectivity index (χ4v) is 3.89. The van der Waals surface area contributed by atoms with E-state index in [1.165, 1.54) is 29.7 Å². The van der Waals surface area contributed by atoms with Gasteiger partial charge < -0.3 is 10.4 Å². The van der Waals surface area contributed by atoms with Crippen molar-refractivity contribution in [3.8, 4) is 5.75 Å². The predicted molar refractivity (Wildman–Crippen MR) is 84.9 cm³/mol. The second-order valence-electron chi connectivity index (χ2n) is 5.47. The zero-order valence-electron chi connectivity index (χ0n) is 11.9. The van der Waals surface area contributed by atoms with Crippen LogP contribution >= 0.6 is 11.3 Å². The third-order valence-corrected chi connectivity index (χ3v) is 5.07. The second kappa shape index (κ2) is 6.31. The Bertz CT molecular complexity index is 624. The standard InChI is InChI=1S/C17H19NO2S/c19-14-7-4-5-12(9-14)11-18-17(20)16-10-13-6-2-1-3-8-15(13)21-16/h4-5,7,9-10,19H,1-3,6,8,11H2,(H,18,20). The number of phenols is 1. The van der Waals surface area contributed by atoms with E-state index in [0.29, 0.717) is 6.54 Å². The summed E-state index contributed by atoms with van der Waals surface area (Å²) in [7, 11) is 0. The van der Waals surface area contributed by atoms with Crippen LogP contribution in [0.25, 0.3) is 0 Å². The Morgan fingerprint density at radius 3 is 2.90 bits per heavy atom. The molecule has 1 heterocycles. The van der Waals surface area contributed by atoms with E-state index in [2.05, 4.69) is 11.4 Å². The molecule has 0 saturated carbocycles. The maximum absolute atomic E-state index is 12.2. The monoisotopic (exact) mass is 301 g/mol. The minimum Gasteiger partial charge on any atom is -0.508 e. The smallest absolute Gasteiger partial charge is 0.261 e. The molecule has 4 heteroatoms. The number of hydrogen-bond acceptors (Lipinski definition) is 3. The van der Waals surface area contributed by atoms with Gasteiger partial charge in [0.25, 0.3) is 5.91 Å². The molecule has 0 atom stereocenters. The van der Waals surface area contributed by atoms with Crippen molar-refractivity contribution in [2.75, 3.05) is 0 Å². The van der Waals surface area contributed by atoms with E-state index >= 15 is 0 Å². The van der Waals surface area contributed by atoms with Gasteiger partial charge in [-0.15, -0.1) is 11.3 Å². The van der Waals surface area contributed by atoms with Gasteiger partial charge in [0.1, 0.15) is 5.75 Å². The first-order valence-electron chi connectivity index (χ1n) is 7.40. The van der Waals surface area contributed by atoms with Gasteiger partial charge in [0.05, 0.1) is 4.88 Å². The van der Waals surface area contributed by atoms with Gasteiger partial charge in [-0.2, -0.15) is 0 Å². The van der Waals surface area contributed by atoms with E-state index in [9.17, 15) is 9.90 Å². The first-order chi connectivity index (χ1) is 10.2. The summed E-state index contributed by atoms with van der Waals surface area (Å²) in [5.74, 6) is 0.209. The maximum Gasteiger partial charge on any atom is 0.261 e. The van der Waals surface area contributed by atoms with Crippen molar-refractivity contribution in [2.45, 2.75) is 38.6 Å². The SMILES string of the molecule is O=C(NCc1cccc(O)c1)c1cc2c(s1)CCCCC2. The van der Waals surface area contributed by atoms with Gasteiger partial charge in [-0.1, -0.05) is 18.6 Å². The van der Waals surface area contributed by atoms with Crippen LogP contribution in [0.4, 0.5) is 0 Å². The lowest BCUT2D eigenvalue weighted by molar-refractivity contribution is 0.0955. The lowest BCUT2D eigenvalue weighted by Crippen LogP contribution is -2.21. The van der Waals surface area contributed by atoms with Crippen LogP contribution in [-0.4, -0.2) is 11.0 Å². The van der Waals surface area contributed by atoms with Crippen LogP contribution in [0, 0.1) is 0 Å². The fraction of sp³-hybridized carbons (Fsp3) is 0.353. The van der Waals surface area contributed by atoms with E-state index in [4.69, 9.17) is 0 Å². The second-order valence-corrected chi connectivity index (χ2v) is 6.61. The van der Waals surface area contributed by atoms with Crippen LogP contribution in [0.5, 0.6) is 5.75 Å². The van der Waals surface area contributed by atoms with Gasteiger partial charge in [0.2, 0.25) is 0 Å². The minimum absolute atomic E-state index is 0.0172. The summed E-state index contributed by atoms with van der Waals surface area (Å²) < 4.78 is 0. The van der Waals surface area contributed by atoms with Crippen molar-refractivity contribution < 1.29 is 9.90 Å². The van der Waals surface area contributed by atoms with Crippen LogP contribution in [-0.2, 0) is 19.4 Å². The first kappa shape index (κ1) is 14.1. The molecule has 1 amide bonds. The number of carbonyl (C=O) groups is 1. The maximum atomic E-state index is 12.2. The average molecular weight is 301 g/mol. The molecule has 3 rings (SSSR count). The summed E-state index contributed by atoms with van der Waals surface area (Å²) in [6.45, 7) is 0.440. The summed E-state index contributed by atoms with van der Waals surface area (Å²) in [5.41, 5.74) is 2.27. The number of nitrogens with one attached hydrogen (secondary N) is 1. The largest absolute Gasteiger partial charge is 0.508 e. The highest BCUT2D eigenvalue weighted by Gasteiger charge is 2.16. The van der Waals surface area contributed by atoms with Gasteiger partial charge in [0, 0.05) is 11.4 Å². The van der Waals surface area contributed by atoms with Gasteiger partial charge >= 0.3 is 0 Å². The van der Waals surface area contributed by atoms with Crippen LogP contribution in [0.3, 0.4) is 0 Å². The van der Waals surface area contributed by atoms with Gasteiger partial charge in [-0.25, -0.2) is 0 Å². The summed E-state index contributed by atoms with van der Waals surface area (Å²) in [6, 6.07) is 9.03. The molecule has 1 aliphatic carbocycles. The Labute approximate surface area is 128 Å². The molecule has 1 aliphatic rings. The van der Waals surface area contributed by atoms with E-state index in [1.54, 1.807) is 29.5 Å². The number of rotatable bonds is 3. The Hall–Kier alpha value is -1.81. The van der Waals surface area contributed by atoms with Crippen LogP contribution < -0.4 is 5.32 Å². The van der Waals surface area contributed by atoms with Crippen molar-refractivity contribution in [2.24, 2.45) is 0 Å². The molecule has 21 heavy (non-hydrogen) atoms. The number of aromatic hydroxyl groups is 1. The Morgan fingerprint density at radius 1 is 1.19 bits per heavy atom.